The molecule has 0 spiro atoms. The number of hydrogen-bond acceptors (Lipinski definition) is 0. The Morgan fingerprint density at radius 1 is 1.11 bits per heavy atom. The summed E-state index contributed by atoms with van der Waals surface area (Å²) in [5.74, 6) is 0.575. The maximum atomic E-state index is 11.5. The van der Waals surface area contributed by atoms with Gasteiger partial charge in [-0.3, -0.25) is 0 Å². The number of hydrogen-bond donors (Lipinski definition) is 0. The highest BCUT2D eigenvalue weighted by Crippen LogP contribution is 2.47. The lowest BCUT2D eigenvalue weighted by molar-refractivity contribution is -0.154. The highest BCUT2D eigenvalue weighted by Gasteiger charge is 2.46. The molecule has 1 radical (unpaired) electrons. The molecule has 0 bridgehead atoms. The van der Waals surface area contributed by atoms with Crippen LogP contribution in [0.15, 0.2) is 0 Å². The second-order valence-electron chi connectivity index (χ2n) is 3.55. The molecular formula is C8H13O. The fourth-order valence-electron chi connectivity index (χ4n) is 1.87. The number of rotatable bonds is 1. The van der Waals surface area contributed by atoms with Gasteiger partial charge in [0.2, 0.25) is 0 Å². The van der Waals surface area contributed by atoms with Crippen LogP contribution in [-0.2, 0) is 5.11 Å². The van der Waals surface area contributed by atoms with Gasteiger partial charge in [0.1, 0.15) is 5.60 Å². The van der Waals surface area contributed by atoms with Crippen LogP contribution >= 0.6 is 0 Å². The summed E-state index contributed by atoms with van der Waals surface area (Å²) in [7, 11) is 0. The molecular weight excluding hydrogens is 112 g/mol. The molecule has 0 unspecified atom stereocenters. The van der Waals surface area contributed by atoms with Gasteiger partial charge in [-0.25, -0.2) is 5.11 Å². The molecule has 0 aromatic rings. The minimum atomic E-state index is -0.432. The Balaban J connectivity index is 1.94. The lowest BCUT2D eigenvalue weighted by atomic mass is 9.63. The molecule has 0 aromatic carbocycles. The van der Waals surface area contributed by atoms with E-state index in [9.17, 15) is 5.11 Å². The smallest absolute Gasteiger partial charge is 0.106 e. The summed E-state index contributed by atoms with van der Waals surface area (Å²) in [6.07, 6.45) is 6.90. The monoisotopic (exact) mass is 125 g/mol. The quantitative estimate of drug-likeness (QED) is 0.511. The van der Waals surface area contributed by atoms with Crippen molar-refractivity contribution in [2.45, 2.75) is 44.1 Å². The van der Waals surface area contributed by atoms with Crippen molar-refractivity contribution in [1.82, 2.24) is 0 Å². The molecule has 1 nitrogen and oxygen atoms in total. The Kier molecular flexibility index (Phi) is 1.10. The van der Waals surface area contributed by atoms with Gasteiger partial charge in [-0.2, -0.15) is 0 Å². The van der Waals surface area contributed by atoms with Gasteiger partial charge in [0, 0.05) is 0 Å². The largest absolute Gasteiger partial charge is 0.229 e. The summed E-state index contributed by atoms with van der Waals surface area (Å²) in [5.41, 5.74) is -0.432. The average molecular weight is 125 g/mol. The molecule has 2 aliphatic rings. The van der Waals surface area contributed by atoms with E-state index in [1.807, 2.05) is 0 Å². The van der Waals surface area contributed by atoms with Crippen LogP contribution in [0.25, 0.3) is 0 Å². The highest BCUT2D eigenvalue weighted by atomic mass is 16.3. The predicted octanol–water partition coefficient (Wildman–Crippen LogP) is 2.14. The van der Waals surface area contributed by atoms with Crippen molar-refractivity contribution in [1.29, 1.82) is 0 Å². The molecule has 0 aliphatic heterocycles. The standard InChI is InChI=1S/C8H13O/c9-8(5-2-6-8)7-3-1-4-7/h7H,1-6H2. The van der Waals surface area contributed by atoms with E-state index in [1.54, 1.807) is 0 Å². The summed E-state index contributed by atoms with van der Waals surface area (Å²) in [6.45, 7) is 0. The van der Waals surface area contributed by atoms with Crippen molar-refractivity contribution in [3.05, 3.63) is 0 Å². The molecule has 0 atom stereocenters. The van der Waals surface area contributed by atoms with Gasteiger partial charge in [0.05, 0.1) is 0 Å². The Bertz CT molecular complexity index is 112. The molecule has 2 rings (SSSR count). The SMILES string of the molecule is [O]C1(C2CCC2)CCC1. The van der Waals surface area contributed by atoms with E-state index in [-0.39, 0.29) is 0 Å². The zero-order valence-corrected chi connectivity index (χ0v) is 5.73. The van der Waals surface area contributed by atoms with Crippen molar-refractivity contribution < 1.29 is 5.11 Å². The lowest BCUT2D eigenvalue weighted by Crippen LogP contribution is -2.46. The predicted molar refractivity (Wildman–Crippen MR) is 34.6 cm³/mol. The Morgan fingerprint density at radius 2 is 1.78 bits per heavy atom. The Labute approximate surface area is 56.1 Å². The summed E-state index contributed by atoms with van der Waals surface area (Å²) >= 11 is 0. The zero-order valence-electron chi connectivity index (χ0n) is 5.73. The van der Waals surface area contributed by atoms with Crippen LogP contribution in [0.5, 0.6) is 0 Å². The third-order valence-corrected chi connectivity index (χ3v) is 3.05. The summed E-state index contributed by atoms with van der Waals surface area (Å²) in [5, 5.41) is 11.5. The molecule has 2 saturated carbocycles. The molecule has 0 aromatic heterocycles. The molecule has 2 aliphatic carbocycles. The fraction of sp³-hybridized carbons (Fsp3) is 1.00. The molecule has 2 fully saturated rings. The van der Waals surface area contributed by atoms with Crippen molar-refractivity contribution in [2.24, 2.45) is 5.92 Å². The first-order valence-electron chi connectivity index (χ1n) is 4.02. The van der Waals surface area contributed by atoms with Gasteiger partial charge in [-0.1, -0.05) is 6.42 Å². The van der Waals surface area contributed by atoms with E-state index in [0.717, 1.165) is 12.8 Å². The van der Waals surface area contributed by atoms with Crippen LogP contribution < -0.4 is 0 Å². The van der Waals surface area contributed by atoms with Crippen LogP contribution in [0.4, 0.5) is 0 Å². The van der Waals surface area contributed by atoms with E-state index in [0.29, 0.717) is 5.92 Å². The first kappa shape index (κ1) is 5.72. The third-order valence-electron chi connectivity index (χ3n) is 3.05. The van der Waals surface area contributed by atoms with Gasteiger partial charge < -0.3 is 0 Å². The van der Waals surface area contributed by atoms with Gasteiger partial charge in [0.15, 0.2) is 0 Å². The molecule has 51 valence electrons. The summed E-state index contributed by atoms with van der Waals surface area (Å²) in [6, 6.07) is 0. The molecule has 9 heavy (non-hydrogen) atoms. The maximum Gasteiger partial charge on any atom is 0.106 e. The summed E-state index contributed by atoms with van der Waals surface area (Å²) < 4.78 is 0. The first-order valence-corrected chi connectivity index (χ1v) is 4.02. The van der Waals surface area contributed by atoms with E-state index in [2.05, 4.69) is 0 Å². The van der Waals surface area contributed by atoms with Crippen molar-refractivity contribution in [3.63, 3.8) is 0 Å². The van der Waals surface area contributed by atoms with Gasteiger partial charge in [-0.05, 0) is 38.0 Å². The molecule has 0 heterocycles. The summed E-state index contributed by atoms with van der Waals surface area (Å²) in [4.78, 5) is 0. The maximum absolute atomic E-state index is 11.5. The van der Waals surface area contributed by atoms with E-state index in [1.165, 1.54) is 25.7 Å². The van der Waals surface area contributed by atoms with E-state index < -0.39 is 5.60 Å². The molecule has 0 amide bonds. The fourth-order valence-corrected chi connectivity index (χ4v) is 1.87. The van der Waals surface area contributed by atoms with Gasteiger partial charge in [-0.15, -0.1) is 0 Å². The van der Waals surface area contributed by atoms with Gasteiger partial charge in [0.25, 0.3) is 0 Å². The van der Waals surface area contributed by atoms with E-state index in [4.69, 9.17) is 0 Å². The van der Waals surface area contributed by atoms with Crippen LogP contribution in [0.1, 0.15) is 38.5 Å². The minimum absolute atomic E-state index is 0.432. The molecule has 0 saturated heterocycles. The third kappa shape index (κ3) is 0.710. The second-order valence-corrected chi connectivity index (χ2v) is 3.55. The first-order chi connectivity index (χ1) is 4.31. The highest BCUT2D eigenvalue weighted by molar-refractivity contribution is 4.96. The second kappa shape index (κ2) is 1.72. The van der Waals surface area contributed by atoms with Gasteiger partial charge >= 0.3 is 0 Å². The van der Waals surface area contributed by atoms with E-state index >= 15 is 0 Å². The Hall–Kier alpha value is -0.0400. The Morgan fingerprint density at radius 3 is 1.89 bits per heavy atom. The average Bonchev–Trinajstić information content (AvgIpc) is 1.56. The molecule has 1 heteroatoms. The van der Waals surface area contributed by atoms with Crippen molar-refractivity contribution >= 4 is 0 Å². The zero-order chi connectivity index (χ0) is 6.32. The van der Waals surface area contributed by atoms with Crippen LogP contribution in [0.2, 0.25) is 0 Å². The lowest BCUT2D eigenvalue weighted by Gasteiger charge is -2.45. The van der Waals surface area contributed by atoms with Crippen LogP contribution in [0, 0.1) is 5.92 Å². The minimum Gasteiger partial charge on any atom is -0.229 e. The van der Waals surface area contributed by atoms with Crippen LogP contribution in [-0.4, -0.2) is 5.60 Å². The topological polar surface area (TPSA) is 19.9 Å². The van der Waals surface area contributed by atoms with Crippen molar-refractivity contribution in [3.8, 4) is 0 Å². The normalized spacial score (nSPS) is 33.0. The van der Waals surface area contributed by atoms with Crippen molar-refractivity contribution in [2.75, 3.05) is 0 Å². The molecule has 0 N–H and O–H groups in total. The van der Waals surface area contributed by atoms with Crippen LogP contribution in [0.3, 0.4) is 0 Å².